The second kappa shape index (κ2) is 8.16. The highest BCUT2D eigenvalue weighted by Crippen LogP contribution is 2.20. The third-order valence-corrected chi connectivity index (χ3v) is 2.43. The van der Waals surface area contributed by atoms with Crippen molar-refractivity contribution in [3.8, 4) is 0 Å². The first-order valence-electron chi connectivity index (χ1n) is 6.06. The van der Waals surface area contributed by atoms with Gasteiger partial charge in [0.15, 0.2) is 0 Å². The first kappa shape index (κ1) is 17.0. The standard InChI is InChI=1S/C13H21F3O2/c1-10(2)5-4-6-11(3)7-8-18-12(17)9-13(14,15)16/h5,11H,4,6-9H2,1-3H3. The average Bonchev–Trinajstić information content (AvgIpc) is 2.13. The number of ether oxygens (including phenoxy) is 1. The highest BCUT2D eigenvalue weighted by atomic mass is 19.4. The zero-order valence-corrected chi connectivity index (χ0v) is 11.1. The first-order valence-corrected chi connectivity index (χ1v) is 6.06. The zero-order valence-electron chi connectivity index (χ0n) is 11.1. The number of esters is 1. The van der Waals surface area contributed by atoms with Gasteiger partial charge in [0, 0.05) is 0 Å². The largest absolute Gasteiger partial charge is 0.465 e. The summed E-state index contributed by atoms with van der Waals surface area (Å²) in [6.07, 6.45) is -1.38. The SMILES string of the molecule is CC(C)=CCCC(C)CCOC(=O)CC(F)(F)F. The molecule has 0 amide bonds. The molecule has 106 valence electrons. The predicted molar refractivity (Wildman–Crippen MR) is 64.1 cm³/mol. The molecular formula is C13H21F3O2. The van der Waals surface area contributed by atoms with Crippen molar-refractivity contribution >= 4 is 5.97 Å². The van der Waals surface area contributed by atoms with Crippen LogP contribution in [0, 0.1) is 5.92 Å². The van der Waals surface area contributed by atoms with Crippen molar-refractivity contribution in [2.24, 2.45) is 5.92 Å². The molecule has 1 unspecified atom stereocenters. The van der Waals surface area contributed by atoms with Gasteiger partial charge in [0.25, 0.3) is 0 Å². The van der Waals surface area contributed by atoms with Gasteiger partial charge in [-0.3, -0.25) is 4.79 Å². The van der Waals surface area contributed by atoms with Gasteiger partial charge in [0.05, 0.1) is 6.61 Å². The summed E-state index contributed by atoms with van der Waals surface area (Å²) in [6.45, 7) is 6.09. The molecule has 0 radical (unpaired) electrons. The molecule has 0 fully saturated rings. The van der Waals surface area contributed by atoms with Crippen LogP contribution in [0.3, 0.4) is 0 Å². The van der Waals surface area contributed by atoms with Crippen molar-refractivity contribution < 1.29 is 22.7 Å². The highest BCUT2D eigenvalue weighted by Gasteiger charge is 2.32. The molecule has 0 heterocycles. The summed E-state index contributed by atoms with van der Waals surface area (Å²) in [7, 11) is 0. The van der Waals surface area contributed by atoms with E-state index < -0.39 is 18.6 Å². The number of hydrogen-bond acceptors (Lipinski definition) is 2. The third-order valence-electron chi connectivity index (χ3n) is 2.43. The van der Waals surface area contributed by atoms with E-state index in [0.29, 0.717) is 12.3 Å². The smallest absolute Gasteiger partial charge is 0.399 e. The number of allylic oxidation sites excluding steroid dienone is 2. The molecule has 0 aliphatic carbocycles. The summed E-state index contributed by atoms with van der Waals surface area (Å²) < 4.78 is 40.0. The predicted octanol–water partition coefficient (Wildman–Crippen LogP) is 4.25. The van der Waals surface area contributed by atoms with E-state index in [1.165, 1.54) is 5.57 Å². The van der Waals surface area contributed by atoms with Crippen LogP contribution in [0.15, 0.2) is 11.6 Å². The molecule has 5 heteroatoms. The van der Waals surface area contributed by atoms with Crippen molar-refractivity contribution in [2.45, 2.75) is 52.6 Å². The van der Waals surface area contributed by atoms with Crippen LogP contribution < -0.4 is 0 Å². The number of hydrogen-bond donors (Lipinski definition) is 0. The van der Waals surface area contributed by atoms with Crippen LogP contribution in [0.4, 0.5) is 13.2 Å². The fourth-order valence-corrected chi connectivity index (χ4v) is 1.39. The van der Waals surface area contributed by atoms with Crippen LogP contribution in [0.2, 0.25) is 0 Å². The molecule has 2 nitrogen and oxygen atoms in total. The van der Waals surface area contributed by atoms with E-state index in [9.17, 15) is 18.0 Å². The minimum absolute atomic E-state index is 0.0604. The van der Waals surface area contributed by atoms with Crippen LogP contribution in [0.25, 0.3) is 0 Å². The Balaban J connectivity index is 3.65. The van der Waals surface area contributed by atoms with Gasteiger partial charge in [-0.15, -0.1) is 0 Å². The van der Waals surface area contributed by atoms with E-state index in [4.69, 9.17) is 0 Å². The summed E-state index contributed by atoms with van der Waals surface area (Å²) in [4.78, 5) is 10.8. The van der Waals surface area contributed by atoms with Crippen molar-refractivity contribution in [3.05, 3.63) is 11.6 Å². The normalized spacial score (nSPS) is 13.0. The quantitative estimate of drug-likeness (QED) is 0.508. The molecule has 0 saturated heterocycles. The fourth-order valence-electron chi connectivity index (χ4n) is 1.39. The number of alkyl halides is 3. The summed E-state index contributed by atoms with van der Waals surface area (Å²) in [5.74, 6) is -0.863. The van der Waals surface area contributed by atoms with Gasteiger partial charge in [0.2, 0.25) is 0 Å². The molecule has 0 bridgehead atoms. The lowest BCUT2D eigenvalue weighted by molar-refractivity contribution is -0.171. The molecule has 18 heavy (non-hydrogen) atoms. The van der Waals surface area contributed by atoms with Gasteiger partial charge in [-0.2, -0.15) is 13.2 Å². The van der Waals surface area contributed by atoms with E-state index in [1.54, 1.807) is 0 Å². The number of rotatable bonds is 7. The second-order valence-electron chi connectivity index (χ2n) is 4.77. The van der Waals surface area contributed by atoms with Crippen LogP contribution >= 0.6 is 0 Å². The van der Waals surface area contributed by atoms with E-state index >= 15 is 0 Å². The molecule has 0 aromatic carbocycles. The third kappa shape index (κ3) is 11.5. The number of carbonyl (C=O) groups excluding carboxylic acids is 1. The summed E-state index contributed by atoms with van der Waals surface area (Å²) in [6, 6.07) is 0. The Bertz CT molecular complexity index is 278. The topological polar surface area (TPSA) is 26.3 Å². The van der Waals surface area contributed by atoms with Gasteiger partial charge in [0.1, 0.15) is 6.42 Å². The van der Waals surface area contributed by atoms with Crippen LogP contribution in [0.5, 0.6) is 0 Å². The average molecular weight is 266 g/mol. The molecule has 1 atom stereocenters. The van der Waals surface area contributed by atoms with Gasteiger partial charge < -0.3 is 4.74 Å². The highest BCUT2D eigenvalue weighted by molar-refractivity contribution is 5.70. The maximum atomic E-state index is 11.8. The van der Waals surface area contributed by atoms with Gasteiger partial charge >= 0.3 is 12.1 Å². The van der Waals surface area contributed by atoms with Gasteiger partial charge in [-0.25, -0.2) is 0 Å². The Labute approximate surface area is 106 Å². The maximum absolute atomic E-state index is 11.8. The Morgan fingerprint density at radius 3 is 2.39 bits per heavy atom. The molecule has 0 aliphatic rings. The molecule has 0 N–H and O–H groups in total. The Kier molecular flexibility index (Phi) is 7.71. The van der Waals surface area contributed by atoms with Crippen molar-refractivity contribution in [1.82, 2.24) is 0 Å². The van der Waals surface area contributed by atoms with Crippen LogP contribution in [0.1, 0.15) is 46.5 Å². The Morgan fingerprint density at radius 1 is 1.28 bits per heavy atom. The van der Waals surface area contributed by atoms with Crippen LogP contribution in [-0.2, 0) is 9.53 Å². The fraction of sp³-hybridized carbons (Fsp3) is 0.769. The van der Waals surface area contributed by atoms with Crippen molar-refractivity contribution in [3.63, 3.8) is 0 Å². The lowest BCUT2D eigenvalue weighted by atomic mass is 10.0. The number of halogens is 3. The van der Waals surface area contributed by atoms with Crippen LogP contribution in [-0.4, -0.2) is 18.8 Å². The van der Waals surface area contributed by atoms with Crippen molar-refractivity contribution in [1.29, 1.82) is 0 Å². The molecule has 0 saturated carbocycles. The molecule has 0 spiro atoms. The molecule has 0 aromatic rings. The van der Waals surface area contributed by atoms with E-state index in [0.717, 1.165) is 12.8 Å². The molecular weight excluding hydrogens is 245 g/mol. The monoisotopic (exact) mass is 266 g/mol. The first-order chi connectivity index (χ1) is 8.20. The minimum Gasteiger partial charge on any atom is -0.465 e. The van der Waals surface area contributed by atoms with E-state index in [1.807, 2.05) is 20.8 Å². The van der Waals surface area contributed by atoms with E-state index in [2.05, 4.69) is 10.8 Å². The lowest BCUT2D eigenvalue weighted by Crippen LogP contribution is -2.18. The summed E-state index contributed by atoms with van der Waals surface area (Å²) in [5.41, 5.74) is 1.25. The zero-order chi connectivity index (χ0) is 14.2. The van der Waals surface area contributed by atoms with Gasteiger partial charge in [-0.05, 0) is 39.0 Å². The summed E-state index contributed by atoms with van der Waals surface area (Å²) >= 11 is 0. The van der Waals surface area contributed by atoms with E-state index in [-0.39, 0.29) is 6.61 Å². The second-order valence-corrected chi connectivity index (χ2v) is 4.77. The van der Waals surface area contributed by atoms with Crippen molar-refractivity contribution in [2.75, 3.05) is 6.61 Å². The number of carbonyl (C=O) groups is 1. The Morgan fingerprint density at radius 2 is 1.89 bits per heavy atom. The minimum atomic E-state index is -4.48. The van der Waals surface area contributed by atoms with Gasteiger partial charge in [-0.1, -0.05) is 18.6 Å². The Hall–Kier alpha value is -1.00. The lowest BCUT2D eigenvalue weighted by Gasteiger charge is -2.11. The molecule has 0 aromatic heterocycles. The summed E-state index contributed by atoms with van der Waals surface area (Å²) in [5, 5.41) is 0. The molecule has 0 aliphatic heterocycles. The molecule has 0 rings (SSSR count). The maximum Gasteiger partial charge on any atom is 0.399 e.